The van der Waals surface area contributed by atoms with Gasteiger partial charge in [-0.15, -0.1) is 0 Å². The van der Waals surface area contributed by atoms with Crippen molar-refractivity contribution in [2.75, 3.05) is 18.0 Å². The van der Waals surface area contributed by atoms with Gasteiger partial charge in [-0.2, -0.15) is 0 Å². The largest absolute Gasteiger partial charge is 0.506 e. The summed E-state index contributed by atoms with van der Waals surface area (Å²) in [4.78, 5) is 28.8. The highest BCUT2D eigenvalue weighted by molar-refractivity contribution is 6.12. The third kappa shape index (κ3) is 2.26. The smallest absolute Gasteiger partial charge is 0.256 e. The Morgan fingerprint density at radius 1 is 1.36 bits per heavy atom. The molecular formula is C17H20N2O3. The maximum absolute atomic E-state index is 12.9. The van der Waals surface area contributed by atoms with Crippen LogP contribution in [0.3, 0.4) is 0 Å². The van der Waals surface area contributed by atoms with Crippen LogP contribution in [0.1, 0.15) is 37.0 Å². The Kier molecular flexibility index (Phi) is 3.64. The van der Waals surface area contributed by atoms with Crippen LogP contribution in [0.2, 0.25) is 0 Å². The Balaban J connectivity index is 2.15. The molecule has 1 fully saturated rings. The van der Waals surface area contributed by atoms with E-state index in [1.165, 1.54) is 6.07 Å². The topological polar surface area (TPSA) is 60.9 Å². The molecule has 0 radical (unpaired) electrons. The van der Waals surface area contributed by atoms with Crippen LogP contribution >= 0.6 is 0 Å². The van der Waals surface area contributed by atoms with E-state index < -0.39 is 6.04 Å². The van der Waals surface area contributed by atoms with Crippen LogP contribution in [0.5, 0.6) is 5.75 Å². The van der Waals surface area contributed by atoms with Crippen molar-refractivity contribution >= 4 is 17.5 Å². The van der Waals surface area contributed by atoms with E-state index in [9.17, 15) is 14.7 Å². The normalized spacial score (nSPS) is 20.5. The van der Waals surface area contributed by atoms with Gasteiger partial charge in [0.2, 0.25) is 5.91 Å². The van der Waals surface area contributed by atoms with Gasteiger partial charge < -0.3 is 14.9 Å². The number of rotatable bonds is 2. The zero-order valence-corrected chi connectivity index (χ0v) is 12.9. The number of phenols is 1. The van der Waals surface area contributed by atoms with Crippen LogP contribution in [0.25, 0.3) is 0 Å². The lowest BCUT2D eigenvalue weighted by Crippen LogP contribution is -2.45. The highest BCUT2D eigenvalue weighted by Gasteiger charge is 2.42. The summed E-state index contributed by atoms with van der Waals surface area (Å²) in [6.07, 6.45) is 3.46. The maximum Gasteiger partial charge on any atom is 0.256 e. The van der Waals surface area contributed by atoms with Crippen LogP contribution in [-0.4, -0.2) is 41.0 Å². The molecule has 5 nitrogen and oxygen atoms in total. The zero-order chi connectivity index (χ0) is 15.9. The van der Waals surface area contributed by atoms with Gasteiger partial charge in [-0.3, -0.25) is 9.59 Å². The number of nitrogens with zero attached hydrogens (tertiary/aromatic N) is 2. The molecule has 22 heavy (non-hydrogen) atoms. The Labute approximate surface area is 129 Å². The fourth-order valence-corrected chi connectivity index (χ4v) is 3.15. The van der Waals surface area contributed by atoms with E-state index in [1.54, 1.807) is 21.9 Å². The summed E-state index contributed by atoms with van der Waals surface area (Å²) in [5.74, 6) is -0.299. The van der Waals surface area contributed by atoms with Gasteiger partial charge in [0, 0.05) is 13.1 Å². The van der Waals surface area contributed by atoms with Crippen LogP contribution in [-0.2, 0) is 4.79 Å². The summed E-state index contributed by atoms with van der Waals surface area (Å²) in [7, 11) is 0. The van der Waals surface area contributed by atoms with E-state index >= 15 is 0 Å². The van der Waals surface area contributed by atoms with Gasteiger partial charge in [-0.05, 0) is 38.8 Å². The van der Waals surface area contributed by atoms with Crippen molar-refractivity contribution in [3.8, 4) is 5.75 Å². The van der Waals surface area contributed by atoms with Crippen molar-refractivity contribution in [1.82, 2.24) is 4.90 Å². The molecule has 2 heterocycles. The number of carbonyl (C=O) groups excluding carboxylic acids is 2. The molecule has 1 N–H and O–H groups in total. The molecule has 5 heteroatoms. The first-order chi connectivity index (χ1) is 10.5. The standard InChI is InChI=1S/C17H20N2O3/c1-11(2)8-10-19-15-12(5-3-7-14(15)20)16(21)18-9-4-6-13(18)17(19)22/h3,5,7-8,13,20H,4,6,9-10H2,1-2H3/t13-/m0/s1. The minimum Gasteiger partial charge on any atom is -0.506 e. The number of anilines is 1. The monoisotopic (exact) mass is 300 g/mol. The third-order valence-corrected chi connectivity index (χ3v) is 4.26. The number of hydrogen-bond donors (Lipinski definition) is 1. The van der Waals surface area contributed by atoms with Crippen LogP contribution in [0.4, 0.5) is 5.69 Å². The molecule has 2 aliphatic heterocycles. The minimum atomic E-state index is -0.412. The number of carbonyl (C=O) groups is 2. The van der Waals surface area contributed by atoms with Crippen LogP contribution < -0.4 is 4.90 Å². The molecule has 0 spiro atoms. The van der Waals surface area contributed by atoms with Crippen molar-refractivity contribution in [1.29, 1.82) is 0 Å². The number of para-hydroxylation sites is 1. The molecular weight excluding hydrogens is 280 g/mol. The molecule has 1 aromatic rings. The lowest BCUT2D eigenvalue weighted by Gasteiger charge is -2.25. The fourth-order valence-electron chi connectivity index (χ4n) is 3.15. The van der Waals surface area contributed by atoms with Gasteiger partial charge in [0.25, 0.3) is 5.91 Å². The molecule has 3 rings (SSSR count). The highest BCUT2D eigenvalue weighted by atomic mass is 16.3. The summed E-state index contributed by atoms with van der Waals surface area (Å²) in [5.41, 5.74) is 1.83. The van der Waals surface area contributed by atoms with Gasteiger partial charge in [0.15, 0.2) is 0 Å². The summed E-state index contributed by atoms with van der Waals surface area (Å²) < 4.78 is 0. The first-order valence-electron chi connectivity index (χ1n) is 7.58. The molecule has 0 bridgehead atoms. The predicted octanol–water partition coefficient (Wildman–Crippen LogP) is 2.31. The SMILES string of the molecule is CC(C)=CCN1C(=O)[C@@H]2CCCN2C(=O)c2cccc(O)c21. The lowest BCUT2D eigenvalue weighted by atomic mass is 10.1. The van der Waals surface area contributed by atoms with Gasteiger partial charge in [-0.25, -0.2) is 0 Å². The second-order valence-electron chi connectivity index (χ2n) is 6.06. The molecule has 0 saturated carbocycles. The number of amides is 2. The van der Waals surface area contributed by atoms with E-state index in [2.05, 4.69) is 0 Å². The summed E-state index contributed by atoms with van der Waals surface area (Å²) in [5, 5.41) is 10.2. The Hall–Kier alpha value is -2.30. The van der Waals surface area contributed by atoms with Crippen molar-refractivity contribution in [2.24, 2.45) is 0 Å². The molecule has 1 saturated heterocycles. The van der Waals surface area contributed by atoms with Gasteiger partial charge >= 0.3 is 0 Å². The quantitative estimate of drug-likeness (QED) is 0.853. The first kappa shape index (κ1) is 14.6. The molecule has 2 aliphatic rings. The second-order valence-corrected chi connectivity index (χ2v) is 6.06. The van der Waals surface area contributed by atoms with E-state index in [-0.39, 0.29) is 17.6 Å². The zero-order valence-electron chi connectivity index (χ0n) is 12.9. The second kappa shape index (κ2) is 5.48. The predicted molar refractivity (Wildman–Crippen MR) is 83.9 cm³/mol. The van der Waals surface area contributed by atoms with Crippen molar-refractivity contribution in [3.05, 3.63) is 35.4 Å². The Bertz CT molecular complexity index is 662. The average molecular weight is 300 g/mol. The van der Waals surface area contributed by atoms with Crippen LogP contribution in [0.15, 0.2) is 29.8 Å². The summed E-state index contributed by atoms with van der Waals surface area (Å²) in [6, 6.07) is 4.43. The Morgan fingerprint density at radius 3 is 2.86 bits per heavy atom. The number of fused-ring (bicyclic) bond motifs is 2. The number of hydrogen-bond acceptors (Lipinski definition) is 3. The van der Waals surface area contributed by atoms with E-state index in [0.29, 0.717) is 30.8 Å². The highest BCUT2D eigenvalue weighted by Crippen LogP contribution is 2.37. The number of aromatic hydroxyl groups is 1. The number of benzene rings is 1. The van der Waals surface area contributed by atoms with E-state index in [1.807, 2.05) is 19.9 Å². The maximum atomic E-state index is 12.9. The minimum absolute atomic E-state index is 0.0254. The van der Waals surface area contributed by atoms with Crippen molar-refractivity contribution < 1.29 is 14.7 Å². The van der Waals surface area contributed by atoms with E-state index in [0.717, 1.165) is 12.0 Å². The number of phenolic OH excluding ortho intramolecular Hbond substituents is 1. The molecule has 0 aliphatic carbocycles. The van der Waals surface area contributed by atoms with Crippen LogP contribution in [0, 0.1) is 0 Å². The molecule has 0 unspecified atom stereocenters. The first-order valence-corrected chi connectivity index (χ1v) is 7.58. The lowest BCUT2D eigenvalue weighted by molar-refractivity contribution is -0.122. The molecule has 1 atom stereocenters. The van der Waals surface area contributed by atoms with Gasteiger partial charge in [-0.1, -0.05) is 17.7 Å². The number of allylic oxidation sites excluding steroid dienone is 1. The summed E-state index contributed by atoms with van der Waals surface area (Å²) in [6.45, 7) is 4.88. The molecule has 2 amide bonds. The van der Waals surface area contributed by atoms with Crippen molar-refractivity contribution in [3.63, 3.8) is 0 Å². The van der Waals surface area contributed by atoms with Crippen molar-refractivity contribution in [2.45, 2.75) is 32.7 Å². The van der Waals surface area contributed by atoms with Gasteiger partial charge in [0.05, 0.1) is 11.3 Å². The average Bonchev–Trinajstić information content (AvgIpc) is 2.93. The molecule has 116 valence electrons. The Morgan fingerprint density at radius 2 is 2.14 bits per heavy atom. The third-order valence-electron chi connectivity index (χ3n) is 4.26. The fraction of sp³-hybridized carbons (Fsp3) is 0.412. The van der Waals surface area contributed by atoms with E-state index in [4.69, 9.17) is 0 Å². The van der Waals surface area contributed by atoms with Gasteiger partial charge in [0.1, 0.15) is 11.8 Å². The molecule has 0 aromatic heterocycles. The summed E-state index contributed by atoms with van der Waals surface area (Å²) >= 11 is 0. The molecule has 1 aromatic carbocycles.